The molecule has 0 aliphatic heterocycles. The summed E-state index contributed by atoms with van der Waals surface area (Å²) in [5.41, 5.74) is 1.15. The van der Waals surface area contributed by atoms with Crippen molar-refractivity contribution in [2.45, 2.75) is 39.7 Å². The van der Waals surface area contributed by atoms with Crippen LogP contribution in [-0.4, -0.2) is 24.6 Å². The zero-order valence-electron chi connectivity index (χ0n) is 12.0. The summed E-state index contributed by atoms with van der Waals surface area (Å²) < 4.78 is 0. The minimum atomic E-state index is 0.782. The van der Waals surface area contributed by atoms with E-state index in [9.17, 15) is 0 Å². The van der Waals surface area contributed by atoms with Gasteiger partial charge in [0, 0.05) is 25.8 Å². The number of aromatic nitrogens is 1. The molecular formula is C15H24ClN3. The molecule has 1 N–H and O–H groups in total. The highest BCUT2D eigenvalue weighted by atomic mass is 35.5. The summed E-state index contributed by atoms with van der Waals surface area (Å²) in [4.78, 5) is 6.93. The Morgan fingerprint density at radius 1 is 1.42 bits per heavy atom. The minimum Gasteiger partial charge on any atom is -0.355 e. The van der Waals surface area contributed by atoms with E-state index in [1.165, 1.54) is 12.8 Å². The van der Waals surface area contributed by atoms with Crippen LogP contribution >= 0.6 is 11.6 Å². The van der Waals surface area contributed by atoms with E-state index in [0.717, 1.165) is 54.9 Å². The quantitative estimate of drug-likeness (QED) is 0.791. The molecule has 0 bridgehead atoms. The number of anilines is 1. The molecule has 1 aliphatic rings. The van der Waals surface area contributed by atoms with E-state index < -0.39 is 0 Å². The first-order chi connectivity index (χ1) is 9.24. The normalized spacial score (nSPS) is 14.7. The molecule has 0 saturated heterocycles. The maximum atomic E-state index is 6.41. The van der Waals surface area contributed by atoms with E-state index in [0.29, 0.717) is 0 Å². The number of hydrogen-bond donors (Lipinski definition) is 1. The predicted molar refractivity (Wildman–Crippen MR) is 81.9 cm³/mol. The predicted octanol–water partition coefficient (Wildman–Crippen LogP) is 3.47. The van der Waals surface area contributed by atoms with Crippen molar-refractivity contribution in [2.75, 3.05) is 24.5 Å². The van der Waals surface area contributed by atoms with Crippen LogP contribution in [0.4, 0.5) is 5.82 Å². The molecule has 0 aromatic carbocycles. The standard InChI is InChI=1S/C15H24ClN3/c1-3-7-19(11-12-5-6-12)15-14(16)8-13(10-18-15)9-17-4-2/h8,10,12,17H,3-7,9,11H2,1-2H3. The fourth-order valence-electron chi connectivity index (χ4n) is 2.23. The molecule has 1 heterocycles. The molecule has 0 radical (unpaired) electrons. The third kappa shape index (κ3) is 4.36. The number of pyridine rings is 1. The fourth-order valence-corrected chi connectivity index (χ4v) is 2.54. The Hall–Kier alpha value is -0.800. The Morgan fingerprint density at radius 2 is 2.21 bits per heavy atom. The molecule has 19 heavy (non-hydrogen) atoms. The molecule has 1 fully saturated rings. The van der Waals surface area contributed by atoms with Crippen molar-refractivity contribution in [3.05, 3.63) is 22.8 Å². The second-order valence-corrected chi connectivity index (χ2v) is 5.73. The van der Waals surface area contributed by atoms with Crippen molar-refractivity contribution in [2.24, 2.45) is 5.92 Å². The SMILES string of the molecule is CCCN(CC1CC1)c1ncc(CNCC)cc1Cl. The number of halogens is 1. The summed E-state index contributed by atoms with van der Waals surface area (Å²) >= 11 is 6.41. The molecule has 3 nitrogen and oxygen atoms in total. The van der Waals surface area contributed by atoms with E-state index in [2.05, 4.69) is 29.0 Å². The van der Waals surface area contributed by atoms with Crippen molar-refractivity contribution in [1.29, 1.82) is 0 Å². The zero-order valence-corrected chi connectivity index (χ0v) is 12.7. The van der Waals surface area contributed by atoms with Gasteiger partial charge in [-0.3, -0.25) is 0 Å². The summed E-state index contributed by atoms with van der Waals surface area (Å²) in [5, 5.41) is 4.08. The molecular weight excluding hydrogens is 258 g/mol. The molecule has 0 spiro atoms. The first kappa shape index (κ1) is 14.6. The molecule has 4 heteroatoms. The molecule has 0 atom stereocenters. The van der Waals surface area contributed by atoms with Gasteiger partial charge in [0.05, 0.1) is 5.02 Å². The number of nitrogens with one attached hydrogen (secondary N) is 1. The van der Waals surface area contributed by atoms with Gasteiger partial charge in [0.15, 0.2) is 0 Å². The molecule has 1 aromatic rings. The Labute approximate surface area is 121 Å². The average Bonchev–Trinajstić information content (AvgIpc) is 3.20. The topological polar surface area (TPSA) is 28.2 Å². The lowest BCUT2D eigenvalue weighted by Gasteiger charge is -2.24. The van der Waals surface area contributed by atoms with Crippen LogP contribution in [0.3, 0.4) is 0 Å². The van der Waals surface area contributed by atoms with Gasteiger partial charge in [0.25, 0.3) is 0 Å². The average molecular weight is 282 g/mol. The number of hydrogen-bond acceptors (Lipinski definition) is 3. The lowest BCUT2D eigenvalue weighted by atomic mass is 10.2. The molecule has 1 saturated carbocycles. The fraction of sp³-hybridized carbons (Fsp3) is 0.667. The van der Waals surface area contributed by atoms with Crippen LogP contribution in [0.5, 0.6) is 0 Å². The minimum absolute atomic E-state index is 0.782. The monoisotopic (exact) mass is 281 g/mol. The molecule has 1 aliphatic carbocycles. The molecule has 1 aromatic heterocycles. The van der Waals surface area contributed by atoms with E-state index in [4.69, 9.17) is 11.6 Å². The number of nitrogens with zero attached hydrogens (tertiary/aromatic N) is 2. The van der Waals surface area contributed by atoms with E-state index in [-0.39, 0.29) is 0 Å². The van der Waals surface area contributed by atoms with Crippen LogP contribution < -0.4 is 10.2 Å². The highest BCUT2D eigenvalue weighted by molar-refractivity contribution is 6.33. The summed E-state index contributed by atoms with van der Waals surface area (Å²) in [6, 6.07) is 2.04. The molecule has 2 rings (SSSR count). The van der Waals surface area contributed by atoms with Gasteiger partial charge in [-0.1, -0.05) is 25.4 Å². The van der Waals surface area contributed by atoms with Crippen molar-refractivity contribution in [3.63, 3.8) is 0 Å². The largest absolute Gasteiger partial charge is 0.355 e. The first-order valence-electron chi connectivity index (χ1n) is 7.34. The van der Waals surface area contributed by atoms with Gasteiger partial charge in [-0.25, -0.2) is 4.98 Å². The molecule has 0 unspecified atom stereocenters. The summed E-state index contributed by atoms with van der Waals surface area (Å²) in [5.74, 6) is 1.81. The van der Waals surface area contributed by atoms with Crippen molar-refractivity contribution < 1.29 is 0 Å². The van der Waals surface area contributed by atoms with Gasteiger partial charge in [-0.05, 0) is 43.4 Å². The van der Waals surface area contributed by atoms with Crippen LogP contribution in [0.1, 0.15) is 38.7 Å². The summed E-state index contributed by atoms with van der Waals surface area (Å²) in [6.45, 7) is 8.24. The van der Waals surface area contributed by atoms with Gasteiger partial charge in [0.1, 0.15) is 5.82 Å². The Kier molecular flexibility index (Phi) is 5.46. The summed E-state index contributed by atoms with van der Waals surface area (Å²) in [7, 11) is 0. The first-order valence-corrected chi connectivity index (χ1v) is 7.72. The van der Waals surface area contributed by atoms with Crippen LogP contribution in [0, 0.1) is 5.92 Å². The van der Waals surface area contributed by atoms with Crippen molar-refractivity contribution >= 4 is 17.4 Å². The summed E-state index contributed by atoms with van der Waals surface area (Å²) in [6.07, 6.45) is 5.79. The third-order valence-corrected chi connectivity index (χ3v) is 3.70. The number of rotatable bonds is 8. The van der Waals surface area contributed by atoms with Crippen LogP contribution in [-0.2, 0) is 6.54 Å². The van der Waals surface area contributed by atoms with Crippen LogP contribution in [0.2, 0.25) is 5.02 Å². The van der Waals surface area contributed by atoms with Crippen molar-refractivity contribution in [1.82, 2.24) is 10.3 Å². The third-order valence-electron chi connectivity index (χ3n) is 3.43. The van der Waals surface area contributed by atoms with Crippen LogP contribution in [0.15, 0.2) is 12.3 Å². The second-order valence-electron chi connectivity index (χ2n) is 5.32. The zero-order chi connectivity index (χ0) is 13.7. The van der Waals surface area contributed by atoms with Gasteiger partial charge >= 0.3 is 0 Å². The van der Waals surface area contributed by atoms with Gasteiger partial charge < -0.3 is 10.2 Å². The van der Waals surface area contributed by atoms with E-state index in [1.54, 1.807) is 0 Å². The van der Waals surface area contributed by atoms with Gasteiger partial charge in [0.2, 0.25) is 0 Å². The Bertz CT molecular complexity index is 404. The van der Waals surface area contributed by atoms with E-state index in [1.807, 2.05) is 12.3 Å². The van der Waals surface area contributed by atoms with Crippen molar-refractivity contribution in [3.8, 4) is 0 Å². The lowest BCUT2D eigenvalue weighted by molar-refractivity contribution is 0.695. The highest BCUT2D eigenvalue weighted by Gasteiger charge is 2.25. The smallest absolute Gasteiger partial charge is 0.147 e. The van der Waals surface area contributed by atoms with Gasteiger partial charge in [-0.15, -0.1) is 0 Å². The second kappa shape index (κ2) is 7.11. The van der Waals surface area contributed by atoms with Crippen LogP contribution in [0.25, 0.3) is 0 Å². The Morgan fingerprint density at radius 3 is 2.79 bits per heavy atom. The maximum Gasteiger partial charge on any atom is 0.147 e. The van der Waals surface area contributed by atoms with E-state index >= 15 is 0 Å². The maximum absolute atomic E-state index is 6.41. The van der Waals surface area contributed by atoms with Gasteiger partial charge in [-0.2, -0.15) is 0 Å². The molecule has 0 amide bonds. The Balaban J connectivity index is 2.07. The molecule has 106 valence electrons. The highest BCUT2D eigenvalue weighted by Crippen LogP contribution is 2.33. The lowest BCUT2D eigenvalue weighted by Crippen LogP contribution is -2.27.